The molecule has 0 fully saturated rings. The fraction of sp³-hybridized carbons (Fsp3) is 0.733. The molecular weight excluding hydrogens is 393 g/mol. The van der Waals surface area contributed by atoms with E-state index in [9.17, 15) is 0 Å². The zero-order chi connectivity index (χ0) is 15.3. The van der Waals surface area contributed by atoms with Crippen molar-refractivity contribution in [2.45, 2.75) is 39.7 Å². The molecule has 0 saturated carbocycles. The van der Waals surface area contributed by atoms with Crippen LogP contribution in [0.3, 0.4) is 0 Å². The summed E-state index contributed by atoms with van der Waals surface area (Å²) in [4.78, 5) is 4.20. The molecule has 7 heteroatoms. The predicted molar refractivity (Wildman–Crippen MR) is 102 cm³/mol. The molecule has 1 heterocycles. The van der Waals surface area contributed by atoms with Crippen LogP contribution in [-0.4, -0.2) is 49.1 Å². The number of hydrogen-bond donors (Lipinski definition) is 2. The number of ether oxygens (including phenoxy) is 1. The fourth-order valence-corrected chi connectivity index (χ4v) is 1.83. The summed E-state index contributed by atoms with van der Waals surface area (Å²) >= 11 is 0. The van der Waals surface area contributed by atoms with Crippen LogP contribution in [0.15, 0.2) is 17.4 Å². The average Bonchev–Trinajstić information content (AvgIpc) is 2.90. The van der Waals surface area contributed by atoms with E-state index < -0.39 is 0 Å². The van der Waals surface area contributed by atoms with E-state index in [-0.39, 0.29) is 24.0 Å². The van der Waals surface area contributed by atoms with E-state index in [1.54, 1.807) is 7.05 Å². The molecule has 1 aromatic heterocycles. The van der Waals surface area contributed by atoms with Gasteiger partial charge >= 0.3 is 0 Å². The van der Waals surface area contributed by atoms with Gasteiger partial charge in [0.2, 0.25) is 0 Å². The SMILES string of the molecule is CCCCOCCCNC(=NC)NCCn1cc(C)cn1.I. The quantitative estimate of drug-likeness (QED) is 0.262. The molecule has 2 N–H and O–H groups in total. The molecule has 128 valence electrons. The Labute approximate surface area is 151 Å². The Kier molecular flexibility index (Phi) is 13.3. The molecule has 0 radical (unpaired) electrons. The highest BCUT2D eigenvalue weighted by Gasteiger charge is 1.98. The summed E-state index contributed by atoms with van der Waals surface area (Å²) in [5.41, 5.74) is 1.18. The molecular formula is C15H30IN5O. The Balaban J connectivity index is 0.00000441. The molecule has 6 nitrogen and oxygen atoms in total. The van der Waals surface area contributed by atoms with E-state index in [2.05, 4.69) is 27.6 Å². The van der Waals surface area contributed by atoms with Crippen LogP contribution in [0.5, 0.6) is 0 Å². The highest BCUT2D eigenvalue weighted by Crippen LogP contribution is 1.93. The lowest BCUT2D eigenvalue weighted by Gasteiger charge is -2.12. The van der Waals surface area contributed by atoms with Crippen LogP contribution in [0, 0.1) is 6.92 Å². The van der Waals surface area contributed by atoms with E-state index in [1.807, 2.05) is 24.0 Å². The summed E-state index contributed by atoms with van der Waals surface area (Å²) < 4.78 is 7.45. The first-order chi connectivity index (χ1) is 10.3. The smallest absolute Gasteiger partial charge is 0.191 e. The molecule has 0 saturated heterocycles. The van der Waals surface area contributed by atoms with E-state index >= 15 is 0 Å². The number of nitrogens with zero attached hydrogens (tertiary/aromatic N) is 3. The molecule has 0 amide bonds. The number of halogens is 1. The van der Waals surface area contributed by atoms with Gasteiger partial charge in [0.25, 0.3) is 0 Å². The Hall–Kier alpha value is -0.830. The highest BCUT2D eigenvalue weighted by atomic mass is 127. The van der Waals surface area contributed by atoms with E-state index in [0.717, 1.165) is 51.6 Å². The van der Waals surface area contributed by atoms with Crippen molar-refractivity contribution in [1.29, 1.82) is 0 Å². The van der Waals surface area contributed by atoms with Gasteiger partial charge in [0.15, 0.2) is 5.96 Å². The molecule has 0 atom stereocenters. The molecule has 0 spiro atoms. The van der Waals surface area contributed by atoms with Gasteiger partial charge in [0.05, 0.1) is 12.7 Å². The molecule has 0 aromatic carbocycles. The Bertz CT molecular complexity index is 408. The fourth-order valence-electron chi connectivity index (χ4n) is 1.83. The normalized spacial score (nSPS) is 11.1. The lowest BCUT2D eigenvalue weighted by molar-refractivity contribution is 0.129. The zero-order valence-electron chi connectivity index (χ0n) is 14.0. The summed E-state index contributed by atoms with van der Waals surface area (Å²) in [5, 5.41) is 10.8. The lowest BCUT2D eigenvalue weighted by Crippen LogP contribution is -2.39. The number of aryl methyl sites for hydroxylation is 1. The standard InChI is InChI=1S/C15H29N5O.HI/c1-4-5-10-21-11-6-7-17-15(16-3)18-8-9-20-13-14(2)12-19-20;/h12-13H,4-11H2,1-3H3,(H2,16,17,18);1H. The van der Waals surface area contributed by atoms with Crippen LogP contribution in [0.25, 0.3) is 0 Å². The monoisotopic (exact) mass is 423 g/mol. The van der Waals surface area contributed by atoms with Gasteiger partial charge in [-0.15, -0.1) is 24.0 Å². The maximum absolute atomic E-state index is 5.52. The number of hydrogen-bond acceptors (Lipinski definition) is 3. The van der Waals surface area contributed by atoms with Gasteiger partial charge in [-0.05, 0) is 25.3 Å². The molecule has 1 aromatic rings. The summed E-state index contributed by atoms with van der Waals surface area (Å²) in [5.74, 6) is 0.826. The molecule has 0 bridgehead atoms. The number of aromatic nitrogens is 2. The zero-order valence-corrected chi connectivity index (χ0v) is 16.3. The van der Waals surface area contributed by atoms with Gasteiger partial charge in [-0.1, -0.05) is 13.3 Å². The van der Waals surface area contributed by atoms with Gasteiger partial charge < -0.3 is 15.4 Å². The third kappa shape index (κ3) is 9.99. The van der Waals surface area contributed by atoms with Crippen LogP contribution in [0.4, 0.5) is 0 Å². The van der Waals surface area contributed by atoms with Crippen LogP contribution < -0.4 is 10.6 Å². The minimum Gasteiger partial charge on any atom is -0.381 e. The highest BCUT2D eigenvalue weighted by molar-refractivity contribution is 14.0. The summed E-state index contributed by atoms with van der Waals surface area (Å²) in [6, 6.07) is 0. The number of rotatable bonds is 10. The average molecular weight is 423 g/mol. The van der Waals surface area contributed by atoms with Crippen molar-refractivity contribution >= 4 is 29.9 Å². The third-order valence-electron chi connectivity index (χ3n) is 3.02. The van der Waals surface area contributed by atoms with Crippen molar-refractivity contribution in [2.24, 2.45) is 4.99 Å². The van der Waals surface area contributed by atoms with Crippen LogP contribution >= 0.6 is 24.0 Å². The van der Waals surface area contributed by atoms with Gasteiger partial charge in [-0.25, -0.2) is 0 Å². The topological polar surface area (TPSA) is 63.5 Å². The number of aliphatic imine (C=N–C) groups is 1. The first kappa shape index (κ1) is 21.2. The summed E-state index contributed by atoms with van der Waals surface area (Å²) in [6.45, 7) is 8.38. The minimum atomic E-state index is 0. The number of nitrogens with one attached hydrogen (secondary N) is 2. The van der Waals surface area contributed by atoms with E-state index in [4.69, 9.17) is 4.74 Å². The molecule has 0 aliphatic rings. The largest absolute Gasteiger partial charge is 0.381 e. The molecule has 0 aliphatic carbocycles. The van der Waals surface area contributed by atoms with Gasteiger partial charge in [0.1, 0.15) is 0 Å². The van der Waals surface area contributed by atoms with Crippen molar-refractivity contribution in [3.05, 3.63) is 18.0 Å². The second-order valence-electron chi connectivity index (χ2n) is 5.03. The van der Waals surface area contributed by atoms with Crippen LogP contribution in [-0.2, 0) is 11.3 Å². The maximum atomic E-state index is 5.52. The van der Waals surface area contributed by atoms with Gasteiger partial charge in [0, 0.05) is 39.5 Å². The summed E-state index contributed by atoms with van der Waals surface area (Å²) in [6.07, 6.45) is 7.22. The summed E-state index contributed by atoms with van der Waals surface area (Å²) in [7, 11) is 1.78. The Morgan fingerprint density at radius 2 is 2.00 bits per heavy atom. The first-order valence-electron chi connectivity index (χ1n) is 7.77. The Morgan fingerprint density at radius 1 is 1.27 bits per heavy atom. The van der Waals surface area contributed by atoms with Crippen molar-refractivity contribution in [1.82, 2.24) is 20.4 Å². The number of guanidine groups is 1. The van der Waals surface area contributed by atoms with Crippen molar-refractivity contribution in [3.8, 4) is 0 Å². The first-order valence-corrected chi connectivity index (χ1v) is 7.77. The second-order valence-corrected chi connectivity index (χ2v) is 5.03. The van der Waals surface area contributed by atoms with E-state index in [1.165, 1.54) is 12.0 Å². The van der Waals surface area contributed by atoms with Crippen molar-refractivity contribution in [2.75, 3.05) is 33.4 Å². The number of unbranched alkanes of at least 4 members (excludes halogenated alkanes) is 1. The van der Waals surface area contributed by atoms with Gasteiger partial charge in [-0.3, -0.25) is 9.67 Å². The molecule has 1 rings (SSSR count). The van der Waals surface area contributed by atoms with Gasteiger partial charge in [-0.2, -0.15) is 5.10 Å². The molecule has 22 heavy (non-hydrogen) atoms. The van der Waals surface area contributed by atoms with Crippen LogP contribution in [0.2, 0.25) is 0 Å². The van der Waals surface area contributed by atoms with Crippen molar-refractivity contribution < 1.29 is 4.74 Å². The molecule has 0 unspecified atom stereocenters. The maximum Gasteiger partial charge on any atom is 0.191 e. The minimum absolute atomic E-state index is 0. The van der Waals surface area contributed by atoms with Crippen LogP contribution in [0.1, 0.15) is 31.7 Å². The third-order valence-corrected chi connectivity index (χ3v) is 3.02. The predicted octanol–water partition coefficient (Wildman–Crippen LogP) is 2.18. The van der Waals surface area contributed by atoms with Crippen molar-refractivity contribution in [3.63, 3.8) is 0 Å². The van der Waals surface area contributed by atoms with E-state index in [0.29, 0.717) is 0 Å². The lowest BCUT2D eigenvalue weighted by atomic mass is 10.4. The second kappa shape index (κ2) is 13.8. The Morgan fingerprint density at radius 3 is 2.64 bits per heavy atom. The molecule has 0 aliphatic heterocycles.